The van der Waals surface area contributed by atoms with Gasteiger partial charge in [-0.25, -0.2) is 0 Å². The quantitative estimate of drug-likeness (QED) is 0.377. The summed E-state index contributed by atoms with van der Waals surface area (Å²) in [6.07, 6.45) is 15.4. The van der Waals surface area contributed by atoms with E-state index in [2.05, 4.69) is 52.3 Å². The minimum atomic E-state index is 0. The highest BCUT2D eigenvalue weighted by atomic mass is 35.5. The fourth-order valence-corrected chi connectivity index (χ4v) is 3.18. The summed E-state index contributed by atoms with van der Waals surface area (Å²) in [5, 5.41) is 0. The van der Waals surface area contributed by atoms with Gasteiger partial charge in [0.2, 0.25) is 0 Å². The van der Waals surface area contributed by atoms with E-state index in [1.165, 1.54) is 81.8 Å². The molecule has 0 aliphatic carbocycles. The maximum absolute atomic E-state index is 2.33. The second-order valence-corrected chi connectivity index (χ2v) is 8.20. The lowest BCUT2D eigenvalue weighted by Gasteiger charge is -2.23. The third-order valence-electron chi connectivity index (χ3n) is 4.50. The minimum absolute atomic E-state index is 0. The van der Waals surface area contributed by atoms with Gasteiger partial charge in [0.25, 0.3) is 0 Å². The summed E-state index contributed by atoms with van der Waals surface area (Å²) in [6, 6.07) is 9.29. The zero-order chi connectivity index (χ0) is 17.0. The van der Waals surface area contributed by atoms with Crippen molar-refractivity contribution in [3.63, 3.8) is 0 Å². The van der Waals surface area contributed by atoms with Crippen molar-refractivity contribution >= 4 is 0 Å². The van der Waals surface area contributed by atoms with Crippen LogP contribution in [0.25, 0.3) is 0 Å². The largest absolute Gasteiger partial charge is 1.00 e. The fraction of sp³-hybridized carbons (Fsp3) is 0.727. The Kier molecular flexibility index (Phi) is 13.4. The van der Waals surface area contributed by atoms with E-state index in [0.717, 1.165) is 11.0 Å². The third-order valence-corrected chi connectivity index (χ3v) is 4.50. The molecule has 0 aliphatic heterocycles. The Hall–Kier alpha value is -0.530. The maximum atomic E-state index is 2.33. The minimum Gasteiger partial charge on any atom is -1.00 e. The lowest BCUT2D eigenvalue weighted by atomic mass is 10.0. The summed E-state index contributed by atoms with van der Waals surface area (Å²) in [6.45, 7) is 3.40. The van der Waals surface area contributed by atoms with Crippen LogP contribution in [0, 0.1) is 0 Å². The molecule has 0 amide bonds. The first-order chi connectivity index (χ1) is 11.0. The van der Waals surface area contributed by atoms with Crippen LogP contribution >= 0.6 is 0 Å². The van der Waals surface area contributed by atoms with Crippen molar-refractivity contribution in [3.8, 4) is 0 Å². The van der Waals surface area contributed by atoms with Gasteiger partial charge in [-0.15, -0.1) is 0 Å². The molecule has 2 heteroatoms. The van der Waals surface area contributed by atoms with Crippen molar-refractivity contribution in [3.05, 3.63) is 35.4 Å². The summed E-state index contributed by atoms with van der Waals surface area (Å²) in [5.74, 6) is 0. The first kappa shape index (κ1) is 23.5. The average Bonchev–Trinajstić information content (AvgIpc) is 2.49. The van der Waals surface area contributed by atoms with E-state index in [1.807, 2.05) is 0 Å². The normalized spacial score (nSPS) is 11.3. The number of aryl methyl sites for hydroxylation is 1. The van der Waals surface area contributed by atoms with Crippen molar-refractivity contribution in [2.45, 2.75) is 84.1 Å². The molecule has 0 fully saturated rings. The first-order valence-corrected chi connectivity index (χ1v) is 9.89. The van der Waals surface area contributed by atoms with Crippen molar-refractivity contribution in [1.82, 2.24) is 0 Å². The predicted molar refractivity (Wildman–Crippen MR) is 104 cm³/mol. The van der Waals surface area contributed by atoms with E-state index >= 15 is 0 Å². The van der Waals surface area contributed by atoms with E-state index in [0.29, 0.717) is 0 Å². The summed E-state index contributed by atoms with van der Waals surface area (Å²) in [5.41, 5.74) is 2.96. The Balaban J connectivity index is 0.00000529. The highest BCUT2D eigenvalue weighted by molar-refractivity contribution is 5.22. The second-order valence-electron chi connectivity index (χ2n) is 8.20. The van der Waals surface area contributed by atoms with Crippen LogP contribution in [0.1, 0.15) is 82.3 Å². The number of benzene rings is 1. The standard InChI is InChI=1S/C22H40N.ClH/c1-5-6-7-8-9-10-11-12-13-14-15-21-16-18-22(19-17-21)20-23(2,3)4;/h16-19H,5-15,20H2,1-4H3;1H/q+1;/p-1. The van der Waals surface area contributed by atoms with E-state index in [4.69, 9.17) is 0 Å². The topological polar surface area (TPSA) is 0 Å². The Bertz CT molecular complexity index is 391. The molecular weight excluding hydrogens is 314 g/mol. The number of halogens is 1. The Morgan fingerprint density at radius 2 is 1.04 bits per heavy atom. The van der Waals surface area contributed by atoms with E-state index in [-0.39, 0.29) is 12.4 Å². The van der Waals surface area contributed by atoms with Gasteiger partial charge in [-0.2, -0.15) is 0 Å². The lowest BCUT2D eigenvalue weighted by Crippen LogP contribution is -3.00. The number of hydrogen-bond acceptors (Lipinski definition) is 0. The van der Waals surface area contributed by atoms with Crippen LogP contribution in [0.4, 0.5) is 0 Å². The van der Waals surface area contributed by atoms with Crippen LogP contribution in [0.2, 0.25) is 0 Å². The van der Waals surface area contributed by atoms with Crippen molar-refractivity contribution < 1.29 is 16.9 Å². The summed E-state index contributed by atoms with van der Waals surface area (Å²) >= 11 is 0. The van der Waals surface area contributed by atoms with Crippen molar-refractivity contribution in [2.24, 2.45) is 0 Å². The van der Waals surface area contributed by atoms with Gasteiger partial charge in [0.1, 0.15) is 6.54 Å². The molecule has 1 rings (SSSR count). The van der Waals surface area contributed by atoms with E-state index in [1.54, 1.807) is 0 Å². The van der Waals surface area contributed by atoms with Crippen LogP contribution in [0.15, 0.2) is 24.3 Å². The number of rotatable bonds is 13. The summed E-state index contributed by atoms with van der Waals surface area (Å²) in [4.78, 5) is 0. The SMILES string of the molecule is CCCCCCCCCCCCc1ccc(C[N+](C)(C)C)cc1.[Cl-]. The molecule has 24 heavy (non-hydrogen) atoms. The van der Waals surface area contributed by atoms with Crippen LogP contribution in [-0.4, -0.2) is 25.6 Å². The molecule has 0 aromatic heterocycles. The molecule has 1 aromatic rings. The fourth-order valence-electron chi connectivity index (χ4n) is 3.18. The van der Waals surface area contributed by atoms with Gasteiger partial charge >= 0.3 is 0 Å². The predicted octanol–water partition coefficient (Wildman–Crippen LogP) is 3.36. The van der Waals surface area contributed by atoms with E-state index < -0.39 is 0 Å². The highest BCUT2D eigenvalue weighted by Crippen LogP contribution is 2.14. The molecule has 0 unspecified atom stereocenters. The molecule has 0 spiro atoms. The van der Waals surface area contributed by atoms with Crippen molar-refractivity contribution in [1.29, 1.82) is 0 Å². The van der Waals surface area contributed by atoms with Gasteiger partial charge in [0, 0.05) is 5.56 Å². The molecule has 0 N–H and O–H groups in total. The van der Waals surface area contributed by atoms with Gasteiger partial charge in [-0.05, 0) is 18.4 Å². The molecule has 0 bridgehead atoms. The van der Waals surface area contributed by atoms with Gasteiger partial charge in [0.05, 0.1) is 21.1 Å². The van der Waals surface area contributed by atoms with Gasteiger partial charge in [0.15, 0.2) is 0 Å². The van der Waals surface area contributed by atoms with Crippen LogP contribution in [0.3, 0.4) is 0 Å². The number of quaternary nitrogens is 1. The van der Waals surface area contributed by atoms with Crippen LogP contribution < -0.4 is 12.4 Å². The smallest absolute Gasteiger partial charge is 0.104 e. The summed E-state index contributed by atoms with van der Waals surface area (Å²) in [7, 11) is 6.74. The lowest BCUT2D eigenvalue weighted by molar-refractivity contribution is -0.884. The molecule has 1 nitrogen and oxygen atoms in total. The third kappa shape index (κ3) is 12.8. The summed E-state index contributed by atoms with van der Waals surface area (Å²) < 4.78 is 0.998. The molecule has 0 saturated heterocycles. The number of nitrogens with zero attached hydrogens (tertiary/aromatic N) is 1. The Morgan fingerprint density at radius 1 is 0.625 bits per heavy atom. The molecule has 0 saturated carbocycles. The monoisotopic (exact) mass is 353 g/mol. The Morgan fingerprint density at radius 3 is 1.50 bits per heavy atom. The Labute approximate surface area is 157 Å². The first-order valence-electron chi connectivity index (χ1n) is 9.89. The zero-order valence-corrected chi connectivity index (χ0v) is 17.4. The molecule has 140 valence electrons. The van der Waals surface area contributed by atoms with E-state index in [9.17, 15) is 0 Å². The number of hydrogen-bond donors (Lipinski definition) is 0. The molecule has 0 radical (unpaired) electrons. The maximum Gasteiger partial charge on any atom is 0.104 e. The molecule has 1 aromatic carbocycles. The molecule has 0 heterocycles. The van der Waals surface area contributed by atoms with Crippen molar-refractivity contribution in [2.75, 3.05) is 21.1 Å². The average molecular weight is 354 g/mol. The molecule has 0 atom stereocenters. The van der Waals surface area contributed by atoms with Crippen LogP contribution in [0.5, 0.6) is 0 Å². The second kappa shape index (κ2) is 13.7. The van der Waals surface area contributed by atoms with Crippen LogP contribution in [-0.2, 0) is 13.0 Å². The molecule has 0 aliphatic rings. The zero-order valence-electron chi connectivity index (χ0n) is 16.6. The highest BCUT2D eigenvalue weighted by Gasteiger charge is 2.07. The van der Waals surface area contributed by atoms with Gasteiger partial charge in [-0.1, -0.05) is 89.0 Å². The van der Waals surface area contributed by atoms with Gasteiger partial charge < -0.3 is 16.9 Å². The molecular formula is C22H40ClN. The van der Waals surface area contributed by atoms with Gasteiger partial charge in [-0.3, -0.25) is 0 Å². The number of unbranched alkanes of at least 4 members (excludes halogenated alkanes) is 9.